The van der Waals surface area contributed by atoms with Gasteiger partial charge in [-0.3, -0.25) is 14.4 Å². The molecule has 1 aromatic rings. The van der Waals surface area contributed by atoms with Crippen molar-refractivity contribution in [1.29, 1.82) is 0 Å². The number of nitrogens with one attached hydrogen (secondary N) is 2. The molecule has 1 heterocycles. The van der Waals surface area contributed by atoms with Crippen LogP contribution in [0.3, 0.4) is 0 Å². The first kappa shape index (κ1) is 25.6. The van der Waals surface area contributed by atoms with Crippen LogP contribution >= 0.6 is 0 Å². The molecule has 0 bridgehead atoms. The molecule has 2 N–H and O–H groups in total. The van der Waals surface area contributed by atoms with Gasteiger partial charge in [0.1, 0.15) is 12.1 Å². The second-order valence-corrected chi connectivity index (χ2v) is 8.65. The predicted molar refractivity (Wildman–Crippen MR) is 128 cm³/mol. The highest BCUT2D eigenvalue weighted by molar-refractivity contribution is 5.92. The molecule has 3 amide bonds. The molecule has 0 aliphatic carbocycles. The Morgan fingerprint density at radius 2 is 1.88 bits per heavy atom. The van der Waals surface area contributed by atoms with Gasteiger partial charge < -0.3 is 15.5 Å². The van der Waals surface area contributed by atoms with Gasteiger partial charge in [-0.2, -0.15) is 0 Å². The third kappa shape index (κ3) is 8.85. The summed E-state index contributed by atoms with van der Waals surface area (Å²) in [5, 5.41) is 5.76. The molecule has 0 unspecified atom stereocenters. The minimum Gasteiger partial charge on any atom is -0.354 e. The number of hydrogen-bond donors (Lipinski definition) is 2. The standard InChI is InChI=1S/C26H39N3O3/c1-3-4-5-6-7-8-12-18-24(30)29(2)23(20-21-15-10-9-11-16-21)26(32)28-22-17-13-14-19-27-25(22)31/h3,9-11,15-16,22-23H,1,4-8,12-14,17-20H2,2H3,(H,27,31)(H,28,32)/t22-,23+/m1/s1. The summed E-state index contributed by atoms with van der Waals surface area (Å²) in [6.45, 7) is 4.38. The molecule has 1 saturated heterocycles. The molecule has 6 heteroatoms. The van der Waals surface area contributed by atoms with E-state index in [9.17, 15) is 14.4 Å². The first-order valence-electron chi connectivity index (χ1n) is 12.0. The second-order valence-electron chi connectivity index (χ2n) is 8.65. The minimum atomic E-state index is -0.645. The van der Waals surface area contributed by atoms with Crippen molar-refractivity contribution in [1.82, 2.24) is 15.5 Å². The van der Waals surface area contributed by atoms with Crippen molar-refractivity contribution in [3.63, 3.8) is 0 Å². The van der Waals surface area contributed by atoms with E-state index >= 15 is 0 Å². The van der Waals surface area contributed by atoms with Gasteiger partial charge in [0, 0.05) is 26.4 Å². The van der Waals surface area contributed by atoms with Crippen LogP contribution in [0.15, 0.2) is 43.0 Å². The normalized spacial score (nSPS) is 17.0. The van der Waals surface area contributed by atoms with Crippen molar-refractivity contribution < 1.29 is 14.4 Å². The van der Waals surface area contributed by atoms with Gasteiger partial charge in [0.15, 0.2) is 0 Å². The number of unbranched alkanes of at least 4 members (excludes halogenated alkanes) is 5. The van der Waals surface area contributed by atoms with E-state index in [0.717, 1.165) is 56.9 Å². The third-order valence-electron chi connectivity index (χ3n) is 6.09. The fourth-order valence-corrected chi connectivity index (χ4v) is 4.03. The number of carbonyl (C=O) groups is 3. The van der Waals surface area contributed by atoms with Crippen molar-refractivity contribution >= 4 is 17.7 Å². The fourth-order valence-electron chi connectivity index (χ4n) is 4.03. The van der Waals surface area contributed by atoms with Gasteiger partial charge in [-0.25, -0.2) is 0 Å². The van der Waals surface area contributed by atoms with Gasteiger partial charge in [0.05, 0.1) is 0 Å². The van der Waals surface area contributed by atoms with Crippen LogP contribution in [0.2, 0.25) is 0 Å². The van der Waals surface area contributed by atoms with Crippen LogP contribution in [-0.2, 0) is 20.8 Å². The van der Waals surface area contributed by atoms with Crippen molar-refractivity contribution in [3.8, 4) is 0 Å². The summed E-state index contributed by atoms with van der Waals surface area (Å²) in [5.41, 5.74) is 0.986. The van der Waals surface area contributed by atoms with Gasteiger partial charge in [0.25, 0.3) is 0 Å². The van der Waals surface area contributed by atoms with Crippen LogP contribution in [0.25, 0.3) is 0 Å². The lowest BCUT2D eigenvalue weighted by atomic mass is 10.0. The average Bonchev–Trinajstić information content (AvgIpc) is 3.00. The number of benzene rings is 1. The Bertz CT molecular complexity index is 735. The largest absolute Gasteiger partial charge is 0.354 e. The van der Waals surface area contributed by atoms with Crippen LogP contribution in [-0.4, -0.2) is 48.3 Å². The van der Waals surface area contributed by atoms with E-state index in [1.165, 1.54) is 0 Å². The monoisotopic (exact) mass is 441 g/mol. The summed E-state index contributed by atoms with van der Waals surface area (Å²) < 4.78 is 0. The Morgan fingerprint density at radius 1 is 1.16 bits per heavy atom. The molecule has 0 spiro atoms. The van der Waals surface area contributed by atoms with Gasteiger partial charge >= 0.3 is 0 Å². The topological polar surface area (TPSA) is 78.5 Å². The molecule has 0 saturated carbocycles. The molecule has 6 nitrogen and oxygen atoms in total. The van der Waals surface area contributed by atoms with Gasteiger partial charge in [0.2, 0.25) is 17.7 Å². The van der Waals surface area contributed by atoms with Crippen molar-refractivity contribution in [2.75, 3.05) is 13.6 Å². The Labute approximate surface area is 192 Å². The van der Waals surface area contributed by atoms with Gasteiger partial charge in [-0.05, 0) is 44.1 Å². The number of rotatable bonds is 13. The van der Waals surface area contributed by atoms with Gasteiger partial charge in [-0.1, -0.05) is 55.7 Å². The van der Waals surface area contributed by atoms with E-state index < -0.39 is 12.1 Å². The molecule has 1 aromatic carbocycles. The highest BCUT2D eigenvalue weighted by Gasteiger charge is 2.30. The highest BCUT2D eigenvalue weighted by atomic mass is 16.2. The summed E-state index contributed by atoms with van der Waals surface area (Å²) in [7, 11) is 1.70. The van der Waals surface area contributed by atoms with Crippen molar-refractivity contribution in [2.24, 2.45) is 0 Å². The number of amides is 3. The Morgan fingerprint density at radius 3 is 2.62 bits per heavy atom. The number of carbonyl (C=O) groups excluding carboxylic acids is 3. The number of hydrogen-bond acceptors (Lipinski definition) is 3. The average molecular weight is 442 g/mol. The lowest BCUT2D eigenvalue weighted by molar-refractivity contribution is -0.140. The van der Waals surface area contributed by atoms with Crippen LogP contribution in [0, 0.1) is 0 Å². The van der Waals surface area contributed by atoms with Gasteiger partial charge in [-0.15, -0.1) is 6.58 Å². The third-order valence-corrected chi connectivity index (χ3v) is 6.09. The smallest absolute Gasteiger partial charge is 0.243 e. The number of nitrogens with zero attached hydrogens (tertiary/aromatic N) is 1. The maximum Gasteiger partial charge on any atom is 0.243 e. The molecular formula is C26H39N3O3. The maximum atomic E-state index is 13.2. The zero-order valence-corrected chi connectivity index (χ0v) is 19.5. The second kappa shape index (κ2) is 14.4. The molecule has 1 aliphatic rings. The van der Waals surface area contributed by atoms with Crippen LogP contribution in [0.5, 0.6) is 0 Å². The van der Waals surface area contributed by atoms with E-state index in [-0.39, 0.29) is 17.7 Å². The van der Waals surface area contributed by atoms with E-state index in [2.05, 4.69) is 17.2 Å². The molecule has 1 aliphatic heterocycles. The molecule has 2 atom stereocenters. The summed E-state index contributed by atoms with van der Waals surface area (Å²) >= 11 is 0. The van der Waals surface area contributed by atoms with Crippen LogP contribution in [0.1, 0.15) is 69.8 Å². The predicted octanol–water partition coefficient (Wildman–Crippen LogP) is 3.76. The molecule has 176 valence electrons. The maximum absolute atomic E-state index is 13.2. The van der Waals surface area contributed by atoms with Crippen LogP contribution in [0.4, 0.5) is 0 Å². The Hall–Kier alpha value is -2.63. The molecule has 2 rings (SSSR count). The lowest BCUT2D eigenvalue weighted by Gasteiger charge is -2.29. The first-order chi connectivity index (χ1) is 15.5. The first-order valence-corrected chi connectivity index (χ1v) is 12.0. The van der Waals surface area contributed by atoms with Crippen molar-refractivity contribution in [2.45, 2.75) is 82.7 Å². The summed E-state index contributed by atoms with van der Waals surface area (Å²) in [6.07, 6.45) is 11.5. The number of allylic oxidation sites excluding steroid dienone is 1. The Balaban J connectivity index is 1.96. The molecule has 0 radical (unpaired) electrons. The summed E-state index contributed by atoms with van der Waals surface area (Å²) in [6, 6.07) is 8.52. The fraction of sp³-hybridized carbons (Fsp3) is 0.577. The van der Waals surface area contributed by atoms with Crippen molar-refractivity contribution in [3.05, 3.63) is 48.6 Å². The summed E-state index contributed by atoms with van der Waals surface area (Å²) in [5.74, 6) is -0.437. The molecule has 1 fully saturated rings. The van der Waals surface area contributed by atoms with Crippen LogP contribution < -0.4 is 10.6 Å². The lowest BCUT2D eigenvalue weighted by Crippen LogP contribution is -2.54. The molecular weight excluding hydrogens is 402 g/mol. The molecule has 0 aromatic heterocycles. The minimum absolute atomic E-state index is 0.0301. The highest BCUT2D eigenvalue weighted by Crippen LogP contribution is 2.14. The van der Waals surface area contributed by atoms with E-state index in [1.807, 2.05) is 36.4 Å². The van der Waals surface area contributed by atoms with E-state index in [0.29, 0.717) is 25.8 Å². The van der Waals surface area contributed by atoms with E-state index in [4.69, 9.17) is 0 Å². The number of likely N-dealkylation sites (N-methyl/N-ethyl adjacent to an activating group) is 1. The molecule has 32 heavy (non-hydrogen) atoms. The zero-order chi connectivity index (χ0) is 23.2. The zero-order valence-electron chi connectivity index (χ0n) is 19.5. The quantitative estimate of drug-likeness (QED) is 0.361. The van der Waals surface area contributed by atoms with E-state index in [1.54, 1.807) is 11.9 Å². The SMILES string of the molecule is C=CCCCCCCCC(=O)N(C)[C@@H](Cc1ccccc1)C(=O)N[C@@H]1CCCCNC1=O. The Kier molecular flexibility index (Phi) is 11.6. The summed E-state index contributed by atoms with van der Waals surface area (Å²) in [4.78, 5) is 39.9.